The highest BCUT2D eigenvalue weighted by Gasteiger charge is 2.49. The Morgan fingerprint density at radius 2 is 1.54 bits per heavy atom. The minimum absolute atomic E-state index is 0.0899. The lowest BCUT2D eigenvalue weighted by Gasteiger charge is -2.25. The van der Waals surface area contributed by atoms with E-state index in [1.165, 1.54) is 30.5 Å². The normalized spacial score (nSPS) is 16.5. The first kappa shape index (κ1) is 26.1. The third-order valence-corrected chi connectivity index (χ3v) is 7.65. The van der Waals surface area contributed by atoms with E-state index in [4.69, 9.17) is 18.9 Å². The van der Waals surface area contributed by atoms with E-state index in [9.17, 15) is 14.7 Å². The zero-order valence-electron chi connectivity index (χ0n) is 22.0. The van der Waals surface area contributed by atoms with Crippen LogP contribution in [0.3, 0.4) is 0 Å². The highest BCUT2D eigenvalue weighted by Crippen LogP contribution is 2.47. The molecule has 1 saturated heterocycles. The van der Waals surface area contributed by atoms with E-state index in [0.29, 0.717) is 44.8 Å². The van der Waals surface area contributed by atoms with Crippen molar-refractivity contribution < 1.29 is 33.6 Å². The third-order valence-electron chi connectivity index (χ3n) is 6.63. The Morgan fingerprint density at radius 3 is 2.21 bits per heavy atom. The number of aliphatic hydroxyl groups is 1. The largest absolute Gasteiger partial charge is 0.507 e. The molecule has 0 radical (unpaired) electrons. The molecule has 1 amide bonds. The highest BCUT2D eigenvalue weighted by molar-refractivity contribution is 7.22. The molecule has 1 aromatic heterocycles. The Balaban J connectivity index is 1.77. The van der Waals surface area contributed by atoms with Gasteiger partial charge in [0.15, 0.2) is 5.13 Å². The van der Waals surface area contributed by atoms with Gasteiger partial charge in [0.2, 0.25) is 0 Å². The number of ketones is 1. The highest BCUT2D eigenvalue weighted by atomic mass is 32.1. The molecule has 9 nitrogen and oxygen atoms in total. The number of hydrogen-bond acceptors (Lipinski definition) is 9. The van der Waals surface area contributed by atoms with Crippen LogP contribution in [0, 0.1) is 6.92 Å². The summed E-state index contributed by atoms with van der Waals surface area (Å²) in [7, 11) is 6.13. The number of thiazole rings is 1. The maximum absolute atomic E-state index is 13.6. The van der Waals surface area contributed by atoms with Gasteiger partial charge in [0.25, 0.3) is 5.78 Å². The van der Waals surface area contributed by atoms with Crippen molar-refractivity contribution >= 4 is 44.1 Å². The van der Waals surface area contributed by atoms with Crippen LogP contribution < -0.4 is 23.8 Å². The van der Waals surface area contributed by atoms with Crippen molar-refractivity contribution in [1.29, 1.82) is 0 Å². The second-order valence-electron chi connectivity index (χ2n) is 8.79. The summed E-state index contributed by atoms with van der Waals surface area (Å²) in [5.41, 5.74) is 2.13. The van der Waals surface area contributed by atoms with Gasteiger partial charge >= 0.3 is 5.91 Å². The van der Waals surface area contributed by atoms with Crippen LogP contribution in [-0.2, 0) is 9.59 Å². The van der Waals surface area contributed by atoms with E-state index in [1.807, 2.05) is 13.0 Å². The fourth-order valence-electron chi connectivity index (χ4n) is 4.68. The van der Waals surface area contributed by atoms with E-state index >= 15 is 0 Å². The van der Waals surface area contributed by atoms with Crippen molar-refractivity contribution in [1.82, 2.24) is 4.98 Å². The smallest absolute Gasteiger partial charge is 0.301 e. The van der Waals surface area contributed by atoms with E-state index in [0.717, 1.165) is 10.3 Å². The third kappa shape index (κ3) is 4.42. The number of ether oxygens (including phenoxy) is 4. The number of carbonyl (C=O) groups is 2. The molecule has 0 saturated carbocycles. The molecule has 0 aliphatic carbocycles. The first-order valence-electron chi connectivity index (χ1n) is 11.9. The fraction of sp³-hybridized carbons (Fsp3) is 0.207. The minimum atomic E-state index is -1.04. The van der Waals surface area contributed by atoms with Gasteiger partial charge in [-0.05, 0) is 67.1 Å². The Bertz CT molecular complexity index is 1640. The Kier molecular flexibility index (Phi) is 6.88. The van der Waals surface area contributed by atoms with Gasteiger partial charge in [-0.3, -0.25) is 14.5 Å². The van der Waals surface area contributed by atoms with Crippen molar-refractivity contribution in [3.8, 4) is 23.0 Å². The molecule has 4 aromatic rings. The molecule has 1 atom stereocenters. The number of aryl methyl sites for hydroxylation is 1. The Morgan fingerprint density at radius 1 is 0.872 bits per heavy atom. The molecule has 39 heavy (non-hydrogen) atoms. The number of nitrogens with zero attached hydrogens (tertiary/aromatic N) is 2. The van der Waals surface area contributed by atoms with Crippen LogP contribution in [-0.4, -0.2) is 50.2 Å². The van der Waals surface area contributed by atoms with Crippen LogP contribution in [0.5, 0.6) is 23.0 Å². The fourth-order valence-corrected chi connectivity index (χ4v) is 5.70. The molecule has 1 N–H and O–H groups in total. The number of rotatable bonds is 7. The summed E-state index contributed by atoms with van der Waals surface area (Å²) in [6.45, 7) is 1.83. The summed E-state index contributed by atoms with van der Waals surface area (Å²) < 4.78 is 22.5. The summed E-state index contributed by atoms with van der Waals surface area (Å²) in [5.74, 6) is 0.191. The van der Waals surface area contributed by atoms with Crippen molar-refractivity contribution in [3.05, 3.63) is 76.9 Å². The maximum atomic E-state index is 13.6. The van der Waals surface area contributed by atoms with Crippen LogP contribution >= 0.6 is 11.3 Å². The van der Waals surface area contributed by atoms with Crippen LogP contribution in [0.2, 0.25) is 0 Å². The molecule has 3 aromatic carbocycles. The molecular weight excluding hydrogens is 520 g/mol. The quantitative estimate of drug-likeness (QED) is 0.190. The predicted molar refractivity (Wildman–Crippen MR) is 148 cm³/mol. The summed E-state index contributed by atoms with van der Waals surface area (Å²) in [5, 5.41) is 11.8. The van der Waals surface area contributed by atoms with Gasteiger partial charge in [-0.25, -0.2) is 4.98 Å². The van der Waals surface area contributed by atoms with Crippen molar-refractivity contribution in [2.24, 2.45) is 0 Å². The van der Waals surface area contributed by atoms with Crippen LogP contribution in [0.25, 0.3) is 16.0 Å². The number of aliphatic hydroxyl groups excluding tert-OH is 1. The number of aromatic nitrogens is 1. The number of methoxy groups -OCH3 is 4. The average molecular weight is 547 g/mol. The number of Topliss-reactive ketones (excluding diaryl/α,β-unsaturated/α-hetero) is 1. The van der Waals surface area contributed by atoms with E-state index in [2.05, 4.69) is 4.98 Å². The summed E-state index contributed by atoms with van der Waals surface area (Å²) in [6.07, 6.45) is 0. The maximum Gasteiger partial charge on any atom is 0.301 e. The number of anilines is 1. The van der Waals surface area contributed by atoms with Gasteiger partial charge < -0.3 is 24.1 Å². The number of hydrogen-bond donors (Lipinski definition) is 1. The van der Waals surface area contributed by atoms with Gasteiger partial charge in [-0.1, -0.05) is 11.3 Å². The number of benzene rings is 3. The molecule has 2 heterocycles. The molecule has 1 fully saturated rings. The van der Waals surface area contributed by atoms with Gasteiger partial charge in [-0.2, -0.15) is 0 Å². The number of amides is 1. The SMILES string of the molecule is COc1ccc(OC)c([C@@H]2C(=C(O)c3ccc(OC)c(C)c3)C(=O)C(=O)N2c2nc3ccc(OC)cc3s2)c1. The zero-order chi connectivity index (χ0) is 27.8. The summed E-state index contributed by atoms with van der Waals surface area (Å²) in [6, 6.07) is 14.5. The van der Waals surface area contributed by atoms with Crippen LogP contribution in [0.1, 0.15) is 22.7 Å². The molecule has 0 bridgehead atoms. The summed E-state index contributed by atoms with van der Waals surface area (Å²) in [4.78, 5) is 33.2. The zero-order valence-corrected chi connectivity index (χ0v) is 22.8. The topological polar surface area (TPSA) is 107 Å². The number of fused-ring (bicyclic) bond motifs is 1. The van der Waals surface area contributed by atoms with E-state index < -0.39 is 17.7 Å². The average Bonchev–Trinajstić information content (AvgIpc) is 3.49. The van der Waals surface area contributed by atoms with E-state index in [1.54, 1.807) is 62.8 Å². The molecule has 0 spiro atoms. The standard InChI is InChI=1S/C29H26N2O7S/c1-15-12-16(6-10-21(15)37-4)26(32)24-25(19-13-17(35-2)8-11-22(19)38-5)31(28(34)27(24)33)29-30-20-9-7-18(36-3)14-23(20)39-29/h6-14,25,32H,1-5H3/t25-/m1/s1. The van der Waals surface area contributed by atoms with Crippen molar-refractivity contribution in [2.75, 3.05) is 33.3 Å². The lowest BCUT2D eigenvalue weighted by atomic mass is 9.94. The molecular formula is C29H26N2O7S. The lowest BCUT2D eigenvalue weighted by Crippen LogP contribution is -2.29. The second-order valence-corrected chi connectivity index (χ2v) is 9.80. The molecule has 200 valence electrons. The second kappa shape index (κ2) is 10.3. The van der Waals surface area contributed by atoms with Gasteiger partial charge in [-0.15, -0.1) is 0 Å². The van der Waals surface area contributed by atoms with Gasteiger partial charge in [0.1, 0.15) is 34.8 Å². The predicted octanol–water partition coefficient (Wildman–Crippen LogP) is 5.27. The van der Waals surface area contributed by atoms with Gasteiger partial charge in [0.05, 0.1) is 44.2 Å². The van der Waals surface area contributed by atoms with E-state index in [-0.39, 0.29) is 11.3 Å². The van der Waals surface area contributed by atoms with Crippen molar-refractivity contribution in [2.45, 2.75) is 13.0 Å². The lowest BCUT2D eigenvalue weighted by molar-refractivity contribution is -0.132. The van der Waals surface area contributed by atoms with Crippen LogP contribution in [0.15, 0.2) is 60.2 Å². The first-order valence-corrected chi connectivity index (χ1v) is 12.8. The monoisotopic (exact) mass is 546 g/mol. The van der Waals surface area contributed by atoms with Crippen LogP contribution in [0.4, 0.5) is 5.13 Å². The summed E-state index contributed by atoms with van der Waals surface area (Å²) >= 11 is 1.24. The number of carbonyl (C=O) groups excluding carboxylic acids is 2. The first-order chi connectivity index (χ1) is 18.8. The minimum Gasteiger partial charge on any atom is -0.507 e. The molecule has 10 heteroatoms. The Labute approximate surface area is 228 Å². The molecule has 1 aliphatic heterocycles. The van der Waals surface area contributed by atoms with Crippen molar-refractivity contribution in [3.63, 3.8) is 0 Å². The molecule has 5 rings (SSSR count). The molecule has 0 unspecified atom stereocenters. The Hall–Kier alpha value is -4.57. The molecule has 1 aliphatic rings. The van der Waals surface area contributed by atoms with Gasteiger partial charge in [0, 0.05) is 11.1 Å².